The number of likely N-dealkylation sites (N-methyl/N-ethyl adjacent to an activating group) is 1. The summed E-state index contributed by atoms with van der Waals surface area (Å²) in [6.45, 7) is 4.33. The van der Waals surface area contributed by atoms with Gasteiger partial charge >= 0.3 is 11.8 Å². The molecule has 166 valence electrons. The fourth-order valence-electron chi connectivity index (χ4n) is 3.55. The zero-order valence-electron chi connectivity index (χ0n) is 17.9. The molecule has 1 saturated heterocycles. The van der Waals surface area contributed by atoms with E-state index in [1.54, 1.807) is 19.2 Å². The highest BCUT2D eigenvalue weighted by molar-refractivity contribution is 6.35. The lowest BCUT2D eigenvalue weighted by Crippen LogP contribution is -2.49. The van der Waals surface area contributed by atoms with E-state index in [-0.39, 0.29) is 12.6 Å². The molecule has 0 unspecified atom stereocenters. The van der Waals surface area contributed by atoms with Gasteiger partial charge in [0.1, 0.15) is 5.75 Å². The monoisotopic (exact) mass is 444 g/mol. The van der Waals surface area contributed by atoms with Gasteiger partial charge in [0.2, 0.25) is 0 Å². The molecule has 1 aliphatic rings. The third kappa shape index (κ3) is 6.69. The maximum Gasteiger partial charge on any atom is 0.309 e. The number of hydrogen-bond acceptors (Lipinski definition) is 5. The van der Waals surface area contributed by atoms with E-state index in [1.165, 1.54) is 0 Å². The van der Waals surface area contributed by atoms with Gasteiger partial charge in [-0.3, -0.25) is 14.5 Å². The summed E-state index contributed by atoms with van der Waals surface area (Å²) in [6.07, 6.45) is 0. The predicted octanol–water partition coefficient (Wildman–Crippen LogP) is 2.07. The summed E-state index contributed by atoms with van der Waals surface area (Å²) < 4.78 is 5.26. The van der Waals surface area contributed by atoms with E-state index >= 15 is 0 Å². The summed E-state index contributed by atoms with van der Waals surface area (Å²) in [7, 11) is 3.74. The van der Waals surface area contributed by atoms with Crippen LogP contribution in [0.25, 0.3) is 0 Å². The SMILES string of the molecule is COc1ccc([C@@H](CNC(=O)C(=O)NCc2ccc(Cl)cc2)N2CCN(C)CC2)cc1. The molecule has 0 aliphatic carbocycles. The van der Waals surface area contributed by atoms with Crippen molar-refractivity contribution in [1.82, 2.24) is 20.4 Å². The van der Waals surface area contributed by atoms with Gasteiger partial charge < -0.3 is 20.3 Å². The van der Waals surface area contributed by atoms with E-state index in [2.05, 4.69) is 27.5 Å². The van der Waals surface area contributed by atoms with Crippen molar-refractivity contribution in [3.8, 4) is 5.75 Å². The van der Waals surface area contributed by atoms with Gasteiger partial charge in [0.15, 0.2) is 0 Å². The normalized spacial score (nSPS) is 15.8. The second kappa shape index (κ2) is 11.1. The molecule has 0 spiro atoms. The van der Waals surface area contributed by atoms with Crippen molar-refractivity contribution in [3.05, 3.63) is 64.7 Å². The lowest BCUT2D eigenvalue weighted by atomic mass is 10.0. The lowest BCUT2D eigenvalue weighted by Gasteiger charge is -2.38. The maximum atomic E-state index is 12.4. The third-order valence-electron chi connectivity index (χ3n) is 5.51. The molecule has 0 saturated carbocycles. The smallest absolute Gasteiger partial charge is 0.309 e. The molecule has 8 heteroatoms. The number of carbonyl (C=O) groups is 2. The number of hydrogen-bond donors (Lipinski definition) is 2. The Labute approximate surface area is 188 Å². The van der Waals surface area contributed by atoms with Crippen LogP contribution in [0.1, 0.15) is 17.2 Å². The fourth-order valence-corrected chi connectivity index (χ4v) is 3.68. The quantitative estimate of drug-likeness (QED) is 0.639. The Bertz CT molecular complexity index is 865. The first-order valence-electron chi connectivity index (χ1n) is 10.3. The van der Waals surface area contributed by atoms with Crippen LogP contribution in [0.3, 0.4) is 0 Å². The van der Waals surface area contributed by atoms with Crippen molar-refractivity contribution in [1.29, 1.82) is 0 Å². The second-order valence-electron chi connectivity index (χ2n) is 7.65. The number of piperazine rings is 1. The van der Waals surface area contributed by atoms with Gasteiger partial charge in [-0.1, -0.05) is 35.9 Å². The van der Waals surface area contributed by atoms with Crippen LogP contribution in [-0.2, 0) is 16.1 Å². The summed E-state index contributed by atoms with van der Waals surface area (Å²) in [5.41, 5.74) is 1.95. The second-order valence-corrected chi connectivity index (χ2v) is 8.08. The number of halogens is 1. The topological polar surface area (TPSA) is 73.9 Å². The van der Waals surface area contributed by atoms with Crippen molar-refractivity contribution < 1.29 is 14.3 Å². The summed E-state index contributed by atoms with van der Waals surface area (Å²) in [5, 5.41) is 6.08. The standard InChI is InChI=1S/C23H29ClN4O3/c1-27-11-13-28(14-12-27)21(18-5-9-20(31-2)10-6-18)16-26-23(30)22(29)25-15-17-3-7-19(24)8-4-17/h3-10,21H,11-16H2,1-2H3,(H,25,29)(H,26,30)/t21-/m1/s1. The van der Waals surface area contributed by atoms with Crippen LogP contribution in [0, 0.1) is 0 Å². The van der Waals surface area contributed by atoms with Crippen LogP contribution in [0.2, 0.25) is 5.02 Å². The number of ether oxygens (including phenoxy) is 1. The molecule has 2 aromatic rings. The van der Waals surface area contributed by atoms with E-state index < -0.39 is 11.8 Å². The summed E-state index contributed by atoms with van der Waals surface area (Å²) >= 11 is 5.87. The molecule has 0 aromatic heterocycles. The van der Waals surface area contributed by atoms with E-state index in [9.17, 15) is 9.59 Å². The minimum absolute atomic E-state index is 0.0207. The molecule has 0 bridgehead atoms. The number of carbonyl (C=O) groups excluding carboxylic acids is 2. The Morgan fingerprint density at radius 1 is 0.968 bits per heavy atom. The summed E-state index contributed by atoms with van der Waals surface area (Å²) in [6, 6.07) is 15.0. The van der Waals surface area contributed by atoms with E-state index in [0.29, 0.717) is 11.6 Å². The molecule has 31 heavy (non-hydrogen) atoms. The van der Waals surface area contributed by atoms with Gasteiger partial charge in [0.25, 0.3) is 0 Å². The molecule has 2 amide bonds. The predicted molar refractivity (Wildman–Crippen MR) is 121 cm³/mol. The summed E-state index contributed by atoms with van der Waals surface area (Å²) in [5.74, 6) is -0.505. The number of benzene rings is 2. The number of methoxy groups -OCH3 is 1. The van der Waals surface area contributed by atoms with Crippen molar-refractivity contribution >= 4 is 23.4 Å². The Morgan fingerprint density at radius 3 is 2.19 bits per heavy atom. The van der Waals surface area contributed by atoms with E-state index in [4.69, 9.17) is 16.3 Å². The molecule has 1 heterocycles. The molecular formula is C23H29ClN4O3. The van der Waals surface area contributed by atoms with Gasteiger partial charge in [0.05, 0.1) is 13.2 Å². The Hall–Kier alpha value is -2.61. The molecule has 0 radical (unpaired) electrons. The fraction of sp³-hybridized carbons (Fsp3) is 0.391. The first-order valence-corrected chi connectivity index (χ1v) is 10.7. The molecule has 2 N–H and O–H groups in total. The van der Waals surface area contributed by atoms with Crippen molar-refractivity contribution in [2.24, 2.45) is 0 Å². The van der Waals surface area contributed by atoms with Crippen LogP contribution in [0.15, 0.2) is 48.5 Å². The van der Waals surface area contributed by atoms with Crippen LogP contribution < -0.4 is 15.4 Å². The van der Waals surface area contributed by atoms with Crippen LogP contribution in [-0.4, -0.2) is 68.5 Å². The molecule has 1 atom stereocenters. The maximum absolute atomic E-state index is 12.4. The highest BCUT2D eigenvalue weighted by Gasteiger charge is 2.25. The molecule has 7 nitrogen and oxygen atoms in total. The Balaban J connectivity index is 1.59. The average molecular weight is 445 g/mol. The highest BCUT2D eigenvalue weighted by atomic mass is 35.5. The minimum Gasteiger partial charge on any atom is -0.497 e. The Morgan fingerprint density at radius 2 is 1.58 bits per heavy atom. The lowest BCUT2D eigenvalue weighted by molar-refractivity contribution is -0.139. The van der Waals surface area contributed by atoms with Crippen LogP contribution in [0.5, 0.6) is 5.75 Å². The average Bonchev–Trinajstić information content (AvgIpc) is 2.80. The summed E-state index contributed by atoms with van der Waals surface area (Å²) in [4.78, 5) is 29.3. The Kier molecular flexibility index (Phi) is 8.28. The first-order chi connectivity index (χ1) is 15.0. The van der Waals surface area contributed by atoms with Crippen molar-refractivity contribution in [3.63, 3.8) is 0 Å². The van der Waals surface area contributed by atoms with E-state index in [0.717, 1.165) is 43.1 Å². The number of rotatable bonds is 7. The zero-order valence-corrected chi connectivity index (χ0v) is 18.7. The van der Waals surface area contributed by atoms with Gasteiger partial charge in [-0.2, -0.15) is 0 Å². The molecule has 1 aliphatic heterocycles. The molecule has 3 rings (SSSR count). The zero-order chi connectivity index (χ0) is 22.2. The van der Waals surface area contributed by atoms with Gasteiger partial charge in [-0.15, -0.1) is 0 Å². The van der Waals surface area contributed by atoms with Gasteiger partial charge in [0, 0.05) is 44.3 Å². The molecular weight excluding hydrogens is 416 g/mol. The number of nitrogens with one attached hydrogen (secondary N) is 2. The van der Waals surface area contributed by atoms with Gasteiger partial charge in [-0.05, 0) is 42.4 Å². The van der Waals surface area contributed by atoms with Crippen molar-refractivity contribution in [2.45, 2.75) is 12.6 Å². The minimum atomic E-state index is -0.651. The number of nitrogens with zero attached hydrogens (tertiary/aromatic N) is 2. The molecule has 2 aromatic carbocycles. The number of amides is 2. The largest absolute Gasteiger partial charge is 0.497 e. The molecule has 1 fully saturated rings. The first kappa shape index (κ1) is 23.1. The van der Waals surface area contributed by atoms with Crippen LogP contribution >= 0.6 is 11.6 Å². The van der Waals surface area contributed by atoms with Crippen molar-refractivity contribution in [2.75, 3.05) is 46.9 Å². The highest BCUT2D eigenvalue weighted by Crippen LogP contribution is 2.24. The van der Waals surface area contributed by atoms with Crippen LogP contribution in [0.4, 0.5) is 0 Å². The van der Waals surface area contributed by atoms with Gasteiger partial charge in [-0.25, -0.2) is 0 Å². The third-order valence-corrected chi connectivity index (χ3v) is 5.76. The van der Waals surface area contributed by atoms with E-state index in [1.807, 2.05) is 36.4 Å².